The van der Waals surface area contributed by atoms with Crippen LogP contribution >= 0.6 is 25.4 Å². The Balaban J connectivity index is 0.00000200. The van der Waals surface area contributed by atoms with E-state index in [0.29, 0.717) is 0 Å². The molecule has 0 fully saturated rings. The molecule has 108 valence electrons. The van der Waals surface area contributed by atoms with Gasteiger partial charge in [-0.25, -0.2) is 0 Å². The lowest BCUT2D eigenvalue weighted by atomic mass is 10.2. The molecule has 0 aliphatic rings. The third kappa shape index (κ3) is 4.50. The van der Waals surface area contributed by atoms with Gasteiger partial charge in [0.1, 0.15) is 11.5 Å². The zero-order valence-corrected chi connectivity index (χ0v) is 14.6. The van der Waals surface area contributed by atoms with E-state index in [1.165, 1.54) is 0 Å². The van der Waals surface area contributed by atoms with Gasteiger partial charge >= 0.3 is 0 Å². The molecule has 2 aromatic carbocycles. The van der Waals surface area contributed by atoms with Crippen molar-refractivity contribution >= 4 is 25.4 Å². The van der Waals surface area contributed by atoms with E-state index in [4.69, 9.17) is 9.05 Å². The maximum absolute atomic E-state index is 6.00. The second-order valence-electron chi connectivity index (χ2n) is 4.36. The van der Waals surface area contributed by atoms with Crippen LogP contribution in [0.15, 0.2) is 48.5 Å². The fraction of sp³-hybridized carbons (Fsp3) is 0.250. The van der Waals surface area contributed by atoms with Gasteiger partial charge in [-0.2, -0.15) is 0 Å². The Kier molecular flexibility index (Phi) is 7.04. The van der Waals surface area contributed by atoms with Crippen LogP contribution in [0.2, 0.25) is 0 Å². The highest BCUT2D eigenvalue weighted by Gasteiger charge is 2.14. The van der Waals surface area contributed by atoms with Crippen molar-refractivity contribution < 1.29 is 9.05 Å². The first-order valence-electron chi connectivity index (χ1n) is 6.45. The Labute approximate surface area is 132 Å². The van der Waals surface area contributed by atoms with Gasteiger partial charge < -0.3 is 9.05 Å². The zero-order valence-electron chi connectivity index (χ0n) is 12.0. The lowest BCUT2D eigenvalue weighted by Crippen LogP contribution is -1.99. The Bertz CT molecular complexity index is 498. The molecule has 0 atom stereocenters. The van der Waals surface area contributed by atoms with Crippen LogP contribution in [0, 0.1) is 13.8 Å². The lowest BCUT2D eigenvalue weighted by molar-refractivity contribution is 0.487. The molecule has 0 saturated heterocycles. The molecule has 0 spiro atoms. The number of para-hydroxylation sites is 2. The van der Waals surface area contributed by atoms with Gasteiger partial charge in [0.15, 0.2) is 0 Å². The van der Waals surface area contributed by atoms with E-state index < -0.39 is 8.38 Å². The highest BCUT2D eigenvalue weighted by Crippen LogP contribution is 2.41. The minimum Gasteiger partial charge on any atom is -0.438 e. The van der Waals surface area contributed by atoms with E-state index in [9.17, 15) is 0 Å². The molecule has 2 nitrogen and oxygen atoms in total. The summed E-state index contributed by atoms with van der Waals surface area (Å²) in [6.45, 7) is 6.18. The zero-order chi connectivity index (χ0) is 13.7. The van der Waals surface area contributed by atoms with Crippen molar-refractivity contribution in [2.24, 2.45) is 0 Å². The monoisotopic (exact) mass is 354 g/mol. The Morgan fingerprint density at radius 1 is 0.800 bits per heavy atom. The van der Waals surface area contributed by atoms with Crippen molar-refractivity contribution in [3.05, 3.63) is 59.7 Å². The van der Waals surface area contributed by atoms with Crippen molar-refractivity contribution in [1.82, 2.24) is 0 Å². The summed E-state index contributed by atoms with van der Waals surface area (Å²) in [5.74, 6) is 1.81. The first-order valence-corrected chi connectivity index (χ1v) is 7.81. The minimum absolute atomic E-state index is 0. The molecule has 20 heavy (non-hydrogen) atoms. The van der Waals surface area contributed by atoms with Crippen LogP contribution in [0.25, 0.3) is 0 Å². The Morgan fingerprint density at radius 2 is 1.20 bits per heavy atom. The summed E-state index contributed by atoms with van der Waals surface area (Å²) < 4.78 is 12.0. The van der Waals surface area contributed by atoms with Crippen molar-refractivity contribution in [3.63, 3.8) is 0 Å². The van der Waals surface area contributed by atoms with E-state index in [1.54, 1.807) is 0 Å². The number of hydrogen-bond acceptors (Lipinski definition) is 2. The lowest BCUT2D eigenvalue weighted by Gasteiger charge is -2.19. The summed E-state index contributed by atoms with van der Waals surface area (Å²) >= 11 is 0. The van der Waals surface area contributed by atoms with Crippen LogP contribution in [-0.2, 0) is 0 Å². The molecule has 0 aliphatic carbocycles. The maximum Gasteiger partial charge on any atom is 0.290 e. The summed E-state index contributed by atoms with van der Waals surface area (Å²) in [7, 11) is -0.943. The molecular weight excluding hydrogens is 335 g/mol. The predicted molar refractivity (Wildman–Crippen MR) is 91.4 cm³/mol. The standard InChI is InChI=1S/C16H19O2P.BrH/c1-4-19(17-15-11-7-5-9-13(15)2)18-16-12-8-6-10-14(16)3;/h5-12H,4H2,1-3H3;1H. The van der Waals surface area contributed by atoms with Crippen LogP contribution in [0.1, 0.15) is 18.1 Å². The second kappa shape index (κ2) is 8.28. The quantitative estimate of drug-likeness (QED) is 0.644. The highest BCUT2D eigenvalue weighted by molar-refractivity contribution is 8.93. The van der Waals surface area contributed by atoms with Gasteiger partial charge in [0.2, 0.25) is 0 Å². The Morgan fingerprint density at radius 3 is 1.55 bits per heavy atom. The van der Waals surface area contributed by atoms with Crippen LogP contribution in [0.3, 0.4) is 0 Å². The van der Waals surface area contributed by atoms with E-state index >= 15 is 0 Å². The molecule has 0 aliphatic heterocycles. The first-order chi connectivity index (χ1) is 9.20. The number of halogens is 1. The van der Waals surface area contributed by atoms with Gasteiger partial charge in [-0.3, -0.25) is 0 Å². The average molecular weight is 355 g/mol. The van der Waals surface area contributed by atoms with E-state index in [2.05, 4.69) is 6.92 Å². The number of benzene rings is 2. The molecule has 0 amide bonds. The molecule has 0 radical (unpaired) electrons. The van der Waals surface area contributed by atoms with Gasteiger partial charge in [-0.05, 0) is 37.1 Å². The second-order valence-corrected chi connectivity index (χ2v) is 6.03. The molecule has 4 heteroatoms. The SMILES string of the molecule is Br.CCP(Oc1ccccc1C)Oc1ccccc1C. The van der Waals surface area contributed by atoms with E-state index in [-0.39, 0.29) is 17.0 Å². The summed E-state index contributed by atoms with van der Waals surface area (Å²) in [4.78, 5) is 0. The number of hydrogen-bond donors (Lipinski definition) is 0. The first kappa shape index (κ1) is 17.0. The van der Waals surface area contributed by atoms with Crippen molar-refractivity contribution in [2.45, 2.75) is 20.8 Å². The molecule has 2 aromatic rings. The van der Waals surface area contributed by atoms with Gasteiger partial charge in [-0.15, -0.1) is 17.0 Å². The summed E-state index contributed by atoms with van der Waals surface area (Å²) in [5, 5.41) is 0. The molecule has 0 unspecified atom stereocenters. The molecule has 0 aromatic heterocycles. The van der Waals surface area contributed by atoms with E-state index in [1.807, 2.05) is 62.4 Å². The van der Waals surface area contributed by atoms with Gasteiger partial charge in [-0.1, -0.05) is 43.3 Å². The molecule has 0 heterocycles. The predicted octanol–water partition coefficient (Wildman–Crippen LogP) is 5.67. The van der Waals surface area contributed by atoms with Gasteiger partial charge in [0.05, 0.1) is 0 Å². The summed E-state index contributed by atoms with van der Waals surface area (Å²) in [6.07, 6.45) is 0.859. The van der Waals surface area contributed by atoms with Crippen LogP contribution < -0.4 is 9.05 Å². The maximum atomic E-state index is 6.00. The molecule has 0 saturated carbocycles. The van der Waals surface area contributed by atoms with Crippen LogP contribution in [0.5, 0.6) is 11.5 Å². The normalized spacial score (nSPS) is 10.0. The summed E-state index contributed by atoms with van der Waals surface area (Å²) in [6, 6.07) is 16.1. The van der Waals surface area contributed by atoms with Crippen molar-refractivity contribution in [1.29, 1.82) is 0 Å². The minimum atomic E-state index is -0.943. The molecule has 2 rings (SSSR count). The van der Waals surface area contributed by atoms with Crippen LogP contribution in [0.4, 0.5) is 0 Å². The average Bonchev–Trinajstić information content (AvgIpc) is 2.42. The molecule has 0 N–H and O–H groups in total. The topological polar surface area (TPSA) is 18.5 Å². The molecule has 0 bridgehead atoms. The van der Waals surface area contributed by atoms with Crippen molar-refractivity contribution in [3.8, 4) is 11.5 Å². The Hall–Kier alpha value is -1.05. The third-order valence-electron chi connectivity index (χ3n) is 2.85. The third-order valence-corrected chi connectivity index (χ3v) is 4.16. The number of rotatable bonds is 5. The van der Waals surface area contributed by atoms with E-state index in [0.717, 1.165) is 28.8 Å². The fourth-order valence-electron chi connectivity index (χ4n) is 1.68. The smallest absolute Gasteiger partial charge is 0.290 e. The number of aryl methyl sites for hydroxylation is 2. The van der Waals surface area contributed by atoms with Crippen LogP contribution in [-0.4, -0.2) is 6.16 Å². The highest BCUT2D eigenvalue weighted by atomic mass is 79.9. The van der Waals surface area contributed by atoms with Crippen molar-refractivity contribution in [2.75, 3.05) is 6.16 Å². The summed E-state index contributed by atoms with van der Waals surface area (Å²) in [5.41, 5.74) is 2.27. The molecular formula is C16H20BrO2P. The van der Waals surface area contributed by atoms with Gasteiger partial charge in [0.25, 0.3) is 8.38 Å². The largest absolute Gasteiger partial charge is 0.438 e. The fourth-order valence-corrected chi connectivity index (χ4v) is 2.83. The van der Waals surface area contributed by atoms with Gasteiger partial charge in [0, 0.05) is 6.16 Å².